The Hall–Kier alpha value is -2.96. The molecule has 0 bridgehead atoms. The van der Waals surface area contributed by atoms with Crippen molar-refractivity contribution >= 4 is 23.4 Å². The number of carbonyl (C=O) groups is 3. The Balaban J connectivity index is 1.51. The van der Waals surface area contributed by atoms with Gasteiger partial charge in [-0.25, -0.2) is 0 Å². The van der Waals surface area contributed by atoms with Gasteiger partial charge in [0.25, 0.3) is 0 Å². The number of aromatic nitrogens is 1. The number of rotatable bonds is 2. The first-order valence-electron chi connectivity index (χ1n) is 11.1. The molecule has 3 amide bonds. The van der Waals surface area contributed by atoms with E-state index in [0.29, 0.717) is 24.6 Å². The molecule has 2 fully saturated rings. The molecule has 7 nitrogen and oxygen atoms in total. The highest BCUT2D eigenvalue weighted by Crippen LogP contribution is 2.33. The summed E-state index contributed by atoms with van der Waals surface area (Å²) in [6.45, 7) is 6.49. The lowest BCUT2D eigenvalue weighted by molar-refractivity contribution is -0.145. The van der Waals surface area contributed by atoms with Gasteiger partial charge in [0.2, 0.25) is 5.91 Å². The zero-order valence-electron chi connectivity index (χ0n) is 18.4. The Morgan fingerprint density at radius 3 is 2.81 bits per heavy atom. The molecule has 0 radical (unpaired) electrons. The molecule has 1 aromatic heterocycles. The number of likely N-dealkylation sites (tertiary alicyclic amines) is 1. The van der Waals surface area contributed by atoms with Crippen molar-refractivity contribution < 1.29 is 14.4 Å². The third-order valence-corrected chi connectivity index (χ3v) is 6.65. The number of anilines is 1. The van der Waals surface area contributed by atoms with Crippen LogP contribution in [0, 0.1) is 25.7 Å². The highest BCUT2D eigenvalue weighted by Gasteiger charge is 2.37. The fourth-order valence-corrected chi connectivity index (χ4v) is 4.71. The number of hydrogen-bond donors (Lipinski definition) is 2. The summed E-state index contributed by atoms with van der Waals surface area (Å²) in [5, 5.41) is 5.73. The number of hydrogen-bond acceptors (Lipinski definition) is 4. The summed E-state index contributed by atoms with van der Waals surface area (Å²) in [6, 6.07) is 1.73. The van der Waals surface area contributed by atoms with Gasteiger partial charge in [-0.1, -0.05) is 25.2 Å². The van der Waals surface area contributed by atoms with E-state index in [2.05, 4.69) is 28.6 Å². The van der Waals surface area contributed by atoms with Gasteiger partial charge in [-0.2, -0.15) is 0 Å². The molecule has 164 valence electrons. The van der Waals surface area contributed by atoms with Gasteiger partial charge in [-0.05, 0) is 56.2 Å². The molecule has 7 heteroatoms. The maximum Gasteiger partial charge on any atom is 0.313 e. The van der Waals surface area contributed by atoms with E-state index in [1.54, 1.807) is 11.1 Å². The van der Waals surface area contributed by atoms with Crippen molar-refractivity contribution in [1.82, 2.24) is 15.2 Å². The van der Waals surface area contributed by atoms with Gasteiger partial charge in [0.05, 0.1) is 24.0 Å². The SMILES string of the molecule is Cc1cc(NC(=O)C(=O)N2C[C@H](C)CC[C@H]2C2=CC3CCC(=O)NC3C=C2)cnc1C. The highest BCUT2D eigenvalue weighted by atomic mass is 16.2. The van der Waals surface area contributed by atoms with E-state index in [1.807, 2.05) is 32.1 Å². The fourth-order valence-electron chi connectivity index (χ4n) is 4.71. The van der Waals surface area contributed by atoms with Crippen LogP contribution in [0.25, 0.3) is 0 Å². The number of aryl methyl sites for hydroxylation is 2. The number of piperidine rings is 2. The van der Waals surface area contributed by atoms with Crippen molar-refractivity contribution in [3.8, 4) is 0 Å². The van der Waals surface area contributed by atoms with Gasteiger partial charge in [0.1, 0.15) is 0 Å². The summed E-state index contributed by atoms with van der Waals surface area (Å²) < 4.78 is 0. The molecule has 0 spiro atoms. The Morgan fingerprint density at radius 1 is 1.23 bits per heavy atom. The number of nitrogens with one attached hydrogen (secondary N) is 2. The Labute approximate surface area is 183 Å². The summed E-state index contributed by atoms with van der Waals surface area (Å²) in [7, 11) is 0. The van der Waals surface area contributed by atoms with Crippen molar-refractivity contribution in [2.45, 2.75) is 58.5 Å². The normalized spacial score (nSPS) is 27.8. The Bertz CT molecular complexity index is 968. The van der Waals surface area contributed by atoms with Crippen LogP contribution in [0.4, 0.5) is 5.69 Å². The molecule has 3 heterocycles. The Kier molecular flexibility index (Phi) is 5.94. The average molecular weight is 423 g/mol. The molecule has 2 aliphatic heterocycles. The highest BCUT2D eigenvalue weighted by molar-refractivity contribution is 6.39. The van der Waals surface area contributed by atoms with Crippen LogP contribution in [-0.4, -0.2) is 46.2 Å². The third-order valence-electron chi connectivity index (χ3n) is 6.65. The first-order valence-corrected chi connectivity index (χ1v) is 11.1. The number of fused-ring (bicyclic) bond motifs is 1. The minimum Gasteiger partial charge on any atom is -0.349 e. The summed E-state index contributed by atoms with van der Waals surface area (Å²) in [4.78, 5) is 43.6. The van der Waals surface area contributed by atoms with Crippen LogP contribution in [0.5, 0.6) is 0 Å². The first-order chi connectivity index (χ1) is 14.8. The molecular formula is C24H30N4O3. The molecule has 0 saturated carbocycles. The van der Waals surface area contributed by atoms with E-state index in [4.69, 9.17) is 0 Å². The summed E-state index contributed by atoms with van der Waals surface area (Å²) in [5.41, 5.74) is 3.45. The molecule has 2 saturated heterocycles. The molecular weight excluding hydrogens is 392 g/mol. The number of pyridine rings is 1. The van der Waals surface area contributed by atoms with E-state index in [9.17, 15) is 14.4 Å². The maximum absolute atomic E-state index is 13.2. The molecule has 4 atom stereocenters. The minimum absolute atomic E-state index is 0.0252. The van der Waals surface area contributed by atoms with E-state index in [-0.39, 0.29) is 23.9 Å². The molecule has 2 unspecified atom stereocenters. The molecule has 31 heavy (non-hydrogen) atoms. The molecule has 1 aliphatic carbocycles. The molecule has 3 aliphatic rings. The molecule has 1 aromatic rings. The van der Waals surface area contributed by atoms with Gasteiger partial charge >= 0.3 is 11.8 Å². The van der Waals surface area contributed by atoms with Crippen LogP contribution in [0.15, 0.2) is 36.1 Å². The second-order valence-corrected chi connectivity index (χ2v) is 9.06. The quantitative estimate of drug-likeness (QED) is 0.717. The predicted octanol–water partition coefficient (Wildman–Crippen LogP) is 2.66. The van der Waals surface area contributed by atoms with Gasteiger partial charge in [0.15, 0.2) is 0 Å². The predicted molar refractivity (Wildman–Crippen MR) is 118 cm³/mol. The van der Waals surface area contributed by atoms with E-state index < -0.39 is 11.8 Å². The van der Waals surface area contributed by atoms with Crippen LogP contribution in [0.2, 0.25) is 0 Å². The zero-order valence-corrected chi connectivity index (χ0v) is 18.4. The standard InChI is InChI=1S/C24H30N4O3/c1-14-4-8-21(18-5-7-20-17(11-18)6-9-22(29)27-20)28(13-14)24(31)23(30)26-19-10-15(2)16(3)25-12-19/h5,7,10-12,14,17,20-21H,4,6,8-9,13H2,1-3H3,(H,26,30)(H,27,29)/t14-,17?,20?,21+/m1/s1. The van der Waals surface area contributed by atoms with Crippen LogP contribution in [0.1, 0.15) is 43.9 Å². The largest absolute Gasteiger partial charge is 0.349 e. The van der Waals surface area contributed by atoms with Crippen molar-refractivity contribution in [1.29, 1.82) is 0 Å². The average Bonchev–Trinajstić information content (AvgIpc) is 2.75. The second-order valence-electron chi connectivity index (χ2n) is 9.06. The second kappa shape index (κ2) is 8.65. The summed E-state index contributed by atoms with van der Waals surface area (Å²) >= 11 is 0. The molecule has 2 N–H and O–H groups in total. The van der Waals surface area contributed by atoms with Crippen molar-refractivity contribution in [2.24, 2.45) is 11.8 Å². The van der Waals surface area contributed by atoms with E-state index >= 15 is 0 Å². The zero-order chi connectivity index (χ0) is 22.1. The number of carbonyl (C=O) groups excluding carboxylic acids is 3. The first kappa shape index (κ1) is 21.3. The van der Waals surface area contributed by atoms with Crippen LogP contribution in [0.3, 0.4) is 0 Å². The summed E-state index contributed by atoms with van der Waals surface area (Å²) in [5.74, 6) is -0.477. The lowest BCUT2D eigenvalue weighted by Crippen LogP contribution is -2.52. The van der Waals surface area contributed by atoms with Crippen molar-refractivity contribution in [3.63, 3.8) is 0 Å². The minimum atomic E-state index is -0.632. The van der Waals surface area contributed by atoms with E-state index in [1.165, 1.54) is 0 Å². The number of amides is 3. The van der Waals surface area contributed by atoms with Gasteiger partial charge < -0.3 is 15.5 Å². The van der Waals surface area contributed by atoms with E-state index in [0.717, 1.165) is 36.1 Å². The van der Waals surface area contributed by atoms with Crippen LogP contribution in [-0.2, 0) is 14.4 Å². The van der Waals surface area contributed by atoms with Crippen LogP contribution < -0.4 is 10.6 Å². The lowest BCUT2D eigenvalue weighted by Gasteiger charge is -2.41. The van der Waals surface area contributed by atoms with Crippen LogP contribution >= 0.6 is 0 Å². The Morgan fingerprint density at radius 2 is 2.03 bits per heavy atom. The van der Waals surface area contributed by atoms with Gasteiger partial charge in [-0.15, -0.1) is 0 Å². The topological polar surface area (TPSA) is 91.4 Å². The summed E-state index contributed by atoms with van der Waals surface area (Å²) in [6.07, 6.45) is 11.0. The third kappa shape index (κ3) is 4.55. The lowest BCUT2D eigenvalue weighted by atomic mass is 9.80. The monoisotopic (exact) mass is 422 g/mol. The molecule has 0 aromatic carbocycles. The maximum atomic E-state index is 13.2. The smallest absolute Gasteiger partial charge is 0.313 e. The van der Waals surface area contributed by atoms with Gasteiger partial charge in [0, 0.05) is 24.6 Å². The number of nitrogens with zero attached hydrogens (tertiary/aromatic N) is 2. The van der Waals surface area contributed by atoms with Crippen molar-refractivity contribution in [2.75, 3.05) is 11.9 Å². The van der Waals surface area contributed by atoms with Crippen molar-refractivity contribution in [3.05, 3.63) is 47.3 Å². The fraction of sp³-hybridized carbons (Fsp3) is 0.500. The van der Waals surface area contributed by atoms with Gasteiger partial charge in [-0.3, -0.25) is 19.4 Å². The molecule has 4 rings (SSSR count).